The maximum atomic E-state index is 13.1. The van der Waals surface area contributed by atoms with Crippen molar-refractivity contribution in [3.63, 3.8) is 0 Å². The largest absolute Gasteiger partial charge is 0.495 e. The molecule has 1 saturated heterocycles. The minimum atomic E-state index is -3.76. The van der Waals surface area contributed by atoms with Crippen molar-refractivity contribution in [2.75, 3.05) is 32.1 Å². The third-order valence-corrected chi connectivity index (χ3v) is 6.89. The van der Waals surface area contributed by atoms with E-state index in [0.29, 0.717) is 18.7 Å². The van der Waals surface area contributed by atoms with Gasteiger partial charge in [-0.2, -0.15) is 4.31 Å². The topological polar surface area (TPSA) is 102 Å². The fourth-order valence-corrected chi connectivity index (χ4v) is 5.08. The van der Waals surface area contributed by atoms with E-state index in [2.05, 4.69) is 5.32 Å². The number of aryl methyl sites for hydroxylation is 1. The van der Waals surface area contributed by atoms with Gasteiger partial charge < -0.3 is 14.8 Å². The van der Waals surface area contributed by atoms with Gasteiger partial charge in [0.05, 0.1) is 12.7 Å². The standard InChI is InChI=1S/C22H26N2O6S/c1-16-7-6-8-17(13-16)22(26)30-15-21(25)23-18-9-10-19(29-2)20(14-18)31(27,28)24-11-4-3-5-12-24/h6-10,13-14H,3-5,11-12,15H2,1-2H3,(H,23,25). The first-order chi connectivity index (χ1) is 14.8. The van der Waals surface area contributed by atoms with Crippen LogP contribution in [-0.4, -0.2) is 51.4 Å². The lowest BCUT2D eigenvalue weighted by atomic mass is 10.1. The van der Waals surface area contributed by atoms with Crippen LogP contribution in [0.5, 0.6) is 5.75 Å². The van der Waals surface area contributed by atoms with Crippen LogP contribution in [0.1, 0.15) is 35.2 Å². The van der Waals surface area contributed by atoms with Gasteiger partial charge in [-0.25, -0.2) is 13.2 Å². The van der Waals surface area contributed by atoms with Gasteiger partial charge in [0.2, 0.25) is 10.0 Å². The number of sulfonamides is 1. The molecule has 8 nitrogen and oxygen atoms in total. The van der Waals surface area contributed by atoms with Gasteiger partial charge in [-0.3, -0.25) is 4.79 Å². The molecule has 1 N–H and O–H groups in total. The number of hydrogen-bond donors (Lipinski definition) is 1. The van der Waals surface area contributed by atoms with Crippen molar-refractivity contribution < 1.29 is 27.5 Å². The van der Waals surface area contributed by atoms with E-state index in [-0.39, 0.29) is 16.3 Å². The van der Waals surface area contributed by atoms with E-state index in [4.69, 9.17) is 9.47 Å². The molecule has 2 aromatic rings. The summed E-state index contributed by atoms with van der Waals surface area (Å²) in [6.07, 6.45) is 2.62. The fourth-order valence-electron chi connectivity index (χ4n) is 3.38. The second-order valence-electron chi connectivity index (χ2n) is 7.32. The van der Waals surface area contributed by atoms with Crippen molar-refractivity contribution in [3.05, 3.63) is 53.6 Å². The zero-order valence-electron chi connectivity index (χ0n) is 17.6. The number of esters is 1. The maximum absolute atomic E-state index is 13.1. The molecule has 0 spiro atoms. The number of ether oxygens (including phenoxy) is 2. The monoisotopic (exact) mass is 446 g/mol. The van der Waals surface area contributed by atoms with Crippen molar-refractivity contribution in [2.24, 2.45) is 0 Å². The Morgan fingerprint density at radius 2 is 1.81 bits per heavy atom. The number of hydrogen-bond acceptors (Lipinski definition) is 6. The van der Waals surface area contributed by atoms with E-state index in [9.17, 15) is 18.0 Å². The quantitative estimate of drug-likeness (QED) is 0.656. The molecule has 0 aromatic heterocycles. The number of amides is 1. The third kappa shape index (κ3) is 5.62. The van der Waals surface area contributed by atoms with Gasteiger partial charge in [0.25, 0.3) is 5.91 Å². The normalized spacial score (nSPS) is 14.6. The van der Waals surface area contributed by atoms with Crippen LogP contribution in [0.25, 0.3) is 0 Å². The summed E-state index contributed by atoms with van der Waals surface area (Å²) >= 11 is 0. The summed E-state index contributed by atoms with van der Waals surface area (Å²) in [5.41, 5.74) is 1.53. The van der Waals surface area contributed by atoms with Crippen molar-refractivity contribution in [1.82, 2.24) is 4.31 Å². The highest BCUT2D eigenvalue weighted by atomic mass is 32.2. The number of methoxy groups -OCH3 is 1. The van der Waals surface area contributed by atoms with Gasteiger partial charge in [0.1, 0.15) is 10.6 Å². The average molecular weight is 447 g/mol. The molecule has 31 heavy (non-hydrogen) atoms. The Labute approximate surface area is 182 Å². The van der Waals surface area contributed by atoms with Crippen LogP contribution >= 0.6 is 0 Å². The number of nitrogens with zero attached hydrogens (tertiary/aromatic N) is 1. The molecular weight excluding hydrogens is 420 g/mol. The molecule has 3 rings (SSSR count). The zero-order chi connectivity index (χ0) is 22.4. The van der Waals surface area contributed by atoms with Crippen molar-refractivity contribution >= 4 is 27.6 Å². The van der Waals surface area contributed by atoms with Gasteiger partial charge in [0.15, 0.2) is 6.61 Å². The molecule has 0 bridgehead atoms. The second-order valence-corrected chi connectivity index (χ2v) is 9.23. The Balaban J connectivity index is 1.69. The van der Waals surface area contributed by atoms with E-state index >= 15 is 0 Å². The van der Waals surface area contributed by atoms with Crippen LogP contribution in [0.4, 0.5) is 5.69 Å². The Bertz CT molecular complexity index is 1060. The minimum absolute atomic E-state index is 0.00791. The minimum Gasteiger partial charge on any atom is -0.495 e. The van der Waals surface area contributed by atoms with Crippen molar-refractivity contribution in [3.8, 4) is 5.75 Å². The van der Waals surface area contributed by atoms with Crippen LogP contribution in [0.3, 0.4) is 0 Å². The molecule has 0 aliphatic carbocycles. The van der Waals surface area contributed by atoms with E-state index < -0.39 is 28.5 Å². The van der Waals surface area contributed by atoms with Crippen LogP contribution in [0.2, 0.25) is 0 Å². The molecule has 0 radical (unpaired) electrons. The molecule has 1 amide bonds. The lowest BCUT2D eigenvalue weighted by Gasteiger charge is -2.26. The summed E-state index contributed by atoms with van der Waals surface area (Å²) < 4.78 is 37.9. The van der Waals surface area contributed by atoms with Gasteiger partial charge >= 0.3 is 5.97 Å². The number of benzene rings is 2. The molecule has 0 unspecified atom stereocenters. The summed E-state index contributed by atoms with van der Waals surface area (Å²) in [7, 11) is -2.36. The van der Waals surface area contributed by atoms with Crippen LogP contribution in [-0.2, 0) is 19.6 Å². The number of carbonyl (C=O) groups is 2. The highest BCUT2D eigenvalue weighted by Crippen LogP contribution is 2.31. The predicted molar refractivity (Wildman–Crippen MR) is 116 cm³/mol. The molecule has 1 fully saturated rings. The Morgan fingerprint density at radius 3 is 2.48 bits per heavy atom. The van der Waals surface area contributed by atoms with E-state index in [0.717, 1.165) is 24.8 Å². The second kappa shape index (κ2) is 9.93. The summed E-state index contributed by atoms with van der Waals surface area (Å²) in [4.78, 5) is 24.3. The number of anilines is 1. The van der Waals surface area contributed by atoms with Gasteiger partial charge in [-0.05, 0) is 50.1 Å². The number of piperidine rings is 1. The highest BCUT2D eigenvalue weighted by molar-refractivity contribution is 7.89. The third-order valence-electron chi connectivity index (χ3n) is 4.97. The SMILES string of the molecule is COc1ccc(NC(=O)COC(=O)c2cccc(C)c2)cc1S(=O)(=O)N1CCCCC1. The molecule has 9 heteroatoms. The predicted octanol–water partition coefficient (Wildman–Crippen LogP) is 2.97. The molecule has 0 saturated carbocycles. The van der Waals surface area contributed by atoms with Gasteiger partial charge in [-0.1, -0.05) is 24.1 Å². The number of nitrogens with one attached hydrogen (secondary N) is 1. The first-order valence-corrected chi connectivity index (χ1v) is 11.5. The summed E-state index contributed by atoms with van der Waals surface area (Å²) in [5.74, 6) is -0.983. The first-order valence-electron chi connectivity index (χ1n) is 10.0. The van der Waals surface area contributed by atoms with Crippen LogP contribution in [0, 0.1) is 6.92 Å². The van der Waals surface area contributed by atoms with E-state index in [1.165, 1.54) is 29.6 Å². The lowest BCUT2D eigenvalue weighted by Crippen LogP contribution is -2.35. The average Bonchev–Trinajstić information content (AvgIpc) is 2.78. The lowest BCUT2D eigenvalue weighted by molar-refractivity contribution is -0.119. The fraction of sp³-hybridized carbons (Fsp3) is 0.364. The highest BCUT2D eigenvalue weighted by Gasteiger charge is 2.29. The van der Waals surface area contributed by atoms with Crippen LogP contribution < -0.4 is 10.1 Å². The van der Waals surface area contributed by atoms with E-state index in [1.54, 1.807) is 18.2 Å². The Kier molecular flexibility index (Phi) is 7.29. The molecule has 2 aromatic carbocycles. The number of carbonyl (C=O) groups excluding carboxylic acids is 2. The zero-order valence-corrected chi connectivity index (χ0v) is 18.4. The molecule has 166 valence electrons. The van der Waals surface area contributed by atoms with Crippen molar-refractivity contribution in [1.29, 1.82) is 0 Å². The summed E-state index contributed by atoms with van der Waals surface area (Å²) in [6, 6.07) is 11.2. The Morgan fingerprint density at radius 1 is 1.06 bits per heavy atom. The van der Waals surface area contributed by atoms with Crippen molar-refractivity contribution in [2.45, 2.75) is 31.1 Å². The van der Waals surface area contributed by atoms with Gasteiger partial charge in [-0.15, -0.1) is 0 Å². The number of rotatable bonds is 7. The molecule has 1 aliphatic heterocycles. The van der Waals surface area contributed by atoms with E-state index in [1.807, 2.05) is 13.0 Å². The van der Waals surface area contributed by atoms with Gasteiger partial charge in [0, 0.05) is 18.8 Å². The molecular formula is C22H26N2O6S. The van der Waals surface area contributed by atoms with Crippen LogP contribution in [0.15, 0.2) is 47.4 Å². The maximum Gasteiger partial charge on any atom is 0.338 e. The molecule has 0 atom stereocenters. The smallest absolute Gasteiger partial charge is 0.338 e. The molecule has 1 aliphatic rings. The summed E-state index contributed by atoms with van der Waals surface area (Å²) in [5, 5.41) is 2.57. The first kappa shape index (κ1) is 22.8. The molecule has 1 heterocycles. The summed E-state index contributed by atoms with van der Waals surface area (Å²) in [6.45, 7) is 2.27. The Hall–Kier alpha value is -2.91.